The Morgan fingerprint density at radius 1 is 0.953 bits per heavy atom. The molecule has 11 heteroatoms. The monoisotopic (exact) mass is 597 g/mol. The summed E-state index contributed by atoms with van der Waals surface area (Å²) < 4.78 is 7.77. The van der Waals surface area contributed by atoms with Crippen molar-refractivity contribution in [1.29, 1.82) is 0 Å². The Morgan fingerprint density at radius 2 is 1.74 bits per heavy atom. The maximum Gasteiger partial charge on any atom is 0.231 e. The standard InChI is InChI=1S/C32H40N9OP/c1-20-8-9-25(29(21(20)2)43(6)7)35-31-23-10-11-33-30(23)37-32(38-31)36-26-16-24(22-18-34-40(4)19-22)27(17-28(26)42-5)41-14-12-39(3)13-15-41/h8-11,16-19H,12-15H2,1-7H3,(H3,33,35,36,37,38). The number of anilines is 5. The summed E-state index contributed by atoms with van der Waals surface area (Å²) in [7, 11) is 5.48. The zero-order valence-electron chi connectivity index (χ0n) is 26.0. The summed E-state index contributed by atoms with van der Waals surface area (Å²) in [5.41, 5.74) is 8.50. The molecule has 6 rings (SSSR count). The molecular weight excluding hydrogens is 557 g/mol. The Bertz CT molecular complexity index is 1770. The molecule has 0 bridgehead atoms. The SMILES string of the molecule is COc1cc(N2CCN(C)CC2)c(-c2cnn(C)c2)cc1Nc1nc(Nc2ccc(C)c(C)c2P(C)C)c2cc[nH]c2n1. The molecule has 43 heavy (non-hydrogen) atoms. The first-order chi connectivity index (χ1) is 20.7. The molecule has 1 saturated heterocycles. The first-order valence-corrected chi connectivity index (χ1v) is 16.8. The Labute approximate surface area is 254 Å². The number of fused-ring (bicyclic) bond motifs is 1. The molecule has 0 unspecified atom stereocenters. The van der Waals surface area contributed by atoms with Crippen LogP contribution in [0.2, 0.25) is 0 Å². The fourth-order valence-electron chi connectivity index (χ4n) is 5.75. The number of H-pyrrole nitrogens is 1. The molecule has 10 nitrogen and oxygen atoms in total. The molecule has 0 amide bonds. The molecule has 2 aromatic carbocycles. The highest BCUT2D eigenvalue weighted by atomic mass is 31.1. The van der Waals surface area contributed by atoms with Crippen LogP contribution in [0, 0.1) is 13.8 Å². The lowest BCUT2D eigenvalue weighted by molar-refractivity contribution is 0.313. The molecular formula is C32H40N9OP. The normalized spacial score (nSPS) is 14.1. The molecule has 224 valence electrons. The van der Waals surface area contributed by atoms with Crippen molar-refractivity contribution < 1.29 is 4.74 Å². The molecule has 0 radical (unpaired) electrons. The molecule has 4 heterocycles. The Kier molecular flexibility index (Phi) is 7.99. The smallest absolute Gasteiger partial charge is 0.231 e. The van der Waals surface area contributed by atoms with E-state index in [1.165, 1.54) is 16.4 Å². The zero-order chi connectivity index (χ0) is 30.2. The summed E-state index contributed by atoms with van der Waals surface area (Å²) in [6.45, 7) is 12.9. The van der Waals surface area contributed by atoms with Crippen molar-refractivity contribution in [2.45, 2.75) is 13.8 Å². The average Bonchev–Trinajstić information content (AvgIpc) is 3.64. The summed E-state index contributed by atoms with van der Waals surface area (Å²) in [4.78, 5) is 17.9. The van der Waals surface area contributed by atoms with Crippen molar-refractivity contribution in [1.82, 2.24) is 29.6 Å². The van der Waals surface area contributed by atoms with Crippen molar-refractivity contribution in [3.05, 3.63) is 60.0 Å². The van der Waals surface area contributed by atoms with Gasteiger partial charge in [-0.05, 0) is 63.6 Å². The lowest BCUT2D eigenvalue weighted by atomic mass is 10.0. The molecule has 5 aromatic rings. The molecule has 0 aliphatic carbocycles. The third-order valence-corrected chi connectivity index (χ3v) is 9.71. The number of methoxy groups -OCH3 is 1. The predicted molar refractivity (Wildman–Crippen MR) is 180 cm³/mol. The van der Waals surface area contributed by atoms with E-state index in [1.807, 2.05) is 36.4 Å². The van der Waals surface area contributed by atoms with Gasteiger partial charge in [-0.3, -0.25) is 4.68 Å². The van der Waals surface area contributed by atoms with Gasteiger partial charge in [-0.2, -0.15) is 15.1 Å². The van der Waals surface area contributed by atoms with Crippen LogP contribution in [-0.2, 0) is 7.05 Å². The molecule has 0 spiro atoms. The van der Waals surface area contributed by atoms with E-state index in [0.717, 1.165) is 77.0 Å². The maximum atomic E-state index is 5.93. The summed E-state index contributed by atoms with van der Waals surface area (Å²) >= 11 is 0. The first-order valence-electron chi connectivity index (χ1n) is 14.5. The maximum absolute atomic E-state index is 5.93. The van der Waals surface area contributed by atoms with Crippen LogP contribution >= 0.6 is 7.92 Å². The van der Waals surface area contributed by atoms with Gasteiger partial charge >= 0.3 is 0 Å². The fourth-order valence-corrected chi connectivity index (χ4v) is 7.21. The van der Waals surface area contributed by atoms with Crippen LogP contribution < -0.4 is 25.6 Å². The van der Waals surface area contributed by atoms with Gasteiger partial charge in [-0.1, -0.05) is 14.0 Å². The first kappa shape index (κ1) is 29.0. The fraction of sp³-hybridized carbons (Fsp3) is 0.344. The minimum absolute atomic E-state index is 0.330. The number of likely N-dealkylation sites (N-methyl/N-ethyl adjacent to an activating group) is 1. The van der Waals surface area contributed by atoms with Crippen LogP contribution in [0.5, 0.6) is 5.75 Å². The highest BCUT2D eigenvalue weighted by molar-refractivity contribution is 7.64. The second-order valence-corrected chi connectivity index (χ2v) is 13.7. The number of aryl methyl sites for hydroxylation is 2. The van der Waals surface area contributed by atoms with E-state index in [2.05, 4.69) is 89.0 Å². The van der Waals surface area contributed by atoms with Crippen LogP contribution in [-0.4, -0.2) is 83.3 Å². The summed E-state index contributed by atoms with van der Waals surface area (Å²) in [6.07, 6.45) is 5.85. The molecule has 1 aliphatic rings. The van der Waals surface area contributed by atoms with E-state index >= 15 is 0 Å². The van der Waals surface area contributed by atoms with E-state index < -0.39 is 0 Å². The number of aromatic nitrogens is 5. The molecule has 1 aliphatic heterocycles. The van der Waals surface area contributed by atoms with Gasteiger partial charge in [0.05, 0.1) is 24.4 Å². The van der Waals surface area contributed by atoms with Crippen LogP contribution in [0.1, 0.15) is 11.1 Å². The summed E-state index contributed by atoms with van der Waals surface area (Å²) in [6, 6.07) is 10.6. The summed E-state index contributed by atoms with van der Waals surface area (Å²) in [5.74, 6) is 1.95. The van der Waals surface area contributed by atoms with Gasteiger partial charge in [-0.25, -0.2) is 0 Å². The van der Waals surface area contributed by atoms with Crippen LogP contribution in [0.25, 0.3) is 22.2 Å². The Balaban J connectivity index is 1.41. The van der Waals surface area contributed by atoms with Crippen molar-refractivity contribution >= 4 is 53.1 Å². The minimum Gasteiger partial charge on any atom is -0.494 e. The van der Waals surface area contributed by atoms with Gasteiger partial charge in [0.25, 0.3) is 0 Å². The largest absolute Gasteiger partial charge is 0.494 e. The van der Waals surface area contributed by atoms with E-state index in [9.17, 15) is 0 Å². The average molecular weight is 598 g/mol. The molecule has 3 aromatic heterocycles. The third kappa shape index (κ3) is 5.77. The Morgan fingerprint density at radius 3 is 2.44 bits per heavy atom. The van der Waals surface area contributed by atoms with Gasteiger partial charge < -0.3 is 30.2 Å². The van der Waals surface area contributed by atoms with Gasteiger partial charge in [0, 0.05) is 79.5 Å². The number of benzene rings is 2. The number of nitrogens with zero attached hydrogens (tertiary/aromatic N) is 6. The molecule has 0 atom stereocenters. The highest BCUT2D eigenvalue weighted by Crippen LogP contribution is 2.41. The lowest BCUT2D eigenvalue weighted by Gasteiger charge is -2.35. The molecule has 0 saturated carbocycles. The van der Waals surface area contributed by atoms with Crippen molar-refractivity contribution in [2.24, 2.45) is 7.05 Å². The van der Waals surface area contributed by atoms with Crippen molar-refractivity contribution in [2.75, 3.05) is 69.2 Å². The highest BCUT2D eigenvalue weighted by Gasteiger charge is 2.22. The molecule has 1 fully saturated rings. The number of rotatable bonds is 8. The topological polar surface area (TPSA) is 99.2 Å². The van der Waals surface area contributed by atoms with Gasteiger partial charge in [0.2, 0.25) is 5.95 Å². The quantitative estimate of drug-likeness (QED) is 0.199. The van der Waals surface area contributed by atoms with E-state index in [-0.39, 0.29) is 7.92 Å². The third-order valence-electron chi connectivity index (χ3n) is 8.24. The van der Waals surface area contributed by atoms with Crippen LogP contribution in [0.3, 0.4) is 0 Å². The zero-order valence-corrected chi connectivity index (χ0v) is 26.9. The van der Waals surface area contributed by atoms with Gasteiger partial charge in [-0.15, -0.1) is 0 Å². The van der Waals surface area contributed by atoms with Gasteiger partial charge in [0.1, 0.15) is 17.2 Å². The second kappa shape index (κ2) is 11.9. The number of ether oxygens (including phenoxy) is 1. The van der Waals surface area contributed by atoms with Gasteiger partial charge in [0.15, 0.2) is 0 Å². The van der Waals surface area contributed by atoms with E-state index in [0.29, 0.717) is 5.95 Å². The van der Waals surface area contributed by atoms with E-state index in [1.54, 1.807) is 7.11 Å². The van der Waals surface area contributed by atoms with E-state index in [4.69, 9.17) is 14.7 Å². The van der Waals surface area contributed by atoms with Crippen LogP contribution in [0.15, 0.2) is 48.9 Å². The number of hydrogen-bond donors (Lipinski definition) is 3. The molecule has 3 N–H and O–H groups in total. The second-order valence-electron chi connectivity index (χ2n) is 11.4. The number of nitrogens with one attached hydrogen (secondary N) is 3. The lowest BCUT2D eigenvalue weighted by Crippen LogP contribution is -2.44. The predicted octanol–water partition coefficient (Wildman–Crippen LogP) is 5.59. The number of hydrogen-bond acceptors (Lipinski definition) is 8. The minimum atomic E-state index is -0.330. The van der Waals surface area contributed by atoms with Crippen LogP contribution in [0.4, 0.5) is 28.8 Å². The number of aromatic amines is 1. The Hall–Kier alpha value is -4.14. The van der Waals surface area contributed by atoms with Crippen molar-refractivity contribution in [3.63, 3.8) is 0 Å². The van der Waals surface area contributed by atoms with Crippen molar-refractivity contribution in [3.8, 4) is 16.9 Å². The summed E-state index contributed by atoms with van der Waals surface area (Å²) in [5, 5.41) is 13.9. The number of piperazine rings is 1.